The van der Waals surface area contributed by atoms with Gasteiger partial charge in [-0.2, -0.15) is 0 Å². The largest absolute Gasteiger partial charge is 0.345 e. The van der Waals surface area contributed by atoms with Crippen molar-refractivity contribution in [3.63, 3.8) is 0 Å². The zero-order valence-electron chi connectivity index (χ0n) is 24.7. The van der Waals surface area contributed by atoms with Crippen molar-refractivity contribution in [1.29, 1.82) is 0 Å². The van der Waals surface area contributed by atoms with E-state index in [2.05, 4.69) is 21.5 Å². The molecule has 228 valence electrons. The molecule has 2 aliphatic heterocycles. The van der Waals surface area contributed by atoms with Crippen LogP contribution in [0.4, 0.5) is 0 Å². The monoisotopic (exact) mass is 619 g/mol. The van der Waals surface area contributed by atoms with Gasteiger partial charge in [0.05, 0.1) is 46.2 Å². The summed E-state index contributed by atoms with van der Waals surface area (Å²) in [5, 5.41) is 3.48. The second-order valence-electron chi connectivity index (χ2n) is 11.5. The lowest BCUT2D eigenvalue weighted by Gasteiger charge is -2.55. The number of aromatic amines is 1. The zero-order chi connectivity index (χ0) is 30.9. The first-order chi connectivity index (χ1) is 22.0. The number of para-hydroxylation sites is 1. The van der Waals surface area contributed by atoms with E-state index in [4.69, 9.17) is 0 Å². The predicted octanol–water partition coefficient (Wildman–Crippen LogP) is 4.16. The number of hydrogen-bond acceptors (Lipinski definition) is 7. The third-order valence-electron chi connectivity index (χ3n) is 8.61. The standard InChI is InChI=1S/C34H33N7O3S/c1-2-15-39-20-32(43)40-28(17-24-11-13-26-27(16-24)36-21-35-26)34(44)38(18-25-9-6-10-29-33(25)37-22-45-29)19-30(40)41(39)31(42)14-12-23-7-4-3-5-8-23/h2-11,13,16,21-22,28,30H,1,12,14-15,17-20H2,(H,35,36)/t28-,30-/m0/s1. The molecule has 0 aliphatic carbocycles. The number of carbonyl (C=O) groups excluding carboxylic acids is 3. The van der Waals surface area contributed by atoms with Crippen molar-refractivity contribution in [1.82, 2.24) is 34.8 Å². The number of benzene rings is 3. The fourth-order valence-corrected chi connectivity index (χ4v) is 7.25. The van der Waals surface area contributed by atoms with Crippen molar-refractivity contribution in [2.75, 3.05) is 19.6 Å². The lowest BCUT2D eigenvalue weighted by molar-refractivity contribution is -0.205. The Morgan fingerprint density at radius 1 is 1.04 bits per heavy atom. The van der Waals surface area contributed by atoms with Gasteiger partial charge < -0.3 is 14.8 Å². The minimum Gasteiger partial charge on any atom is -0.345 e. The number of fused-ring (bicyclic) bond motifs is 3. The van der Waals surface area contributed by atoms with Crippen LogP contribution < -0.4 is 0 Å². The average Bonchev–Trinajstić information content (AvgIpc) is 3.73. The SMILES string of the molecule is C=CCN1CC(=O)N2[C@@H](Cc3ccc4nc[nH]c4c3)C(=O)N(Cc3cccc4scnc34)C[C@@H]2N1C(=O)CCc1ccccc1. The lowest BCUT2D eigenvalue weighted by Crippen LogP contribution is -2.75. The molecule has 10 nitrogen and oxygen atoms in total. The summed E-state index contributed by atoms with van der Waals surface area (Å²) in [6.45, 7) is 4.71. The molecule has 5 aromatic rings. The second kappa shape index (κ2) is 12.3. The molecule has 11 heteroatoms. The maximum Gasteiger partial charge on any atom is 0.246 e. The molecule has 3 amide bonds. The predicted molar refractivity (Wildman–Crippen MR) is 173 cm³/mol. The number of hydrazine groups is 1. The molecule has 0 radical (unpaired) electrons. The van der Waals surface area contributed by atoms with E-state index in [1.807, 2.05) is 72.2 Å². The summed E-state index contributed by atoms with van der Waals surface area (Å²) in [7, 11) is 0. The Labute approximate surface area is 264 Å². The van der Waals surface area contributed by atoms with Crippen LogP contribution in [0.3, 0.4) is 0 Å². The van der Waals surface area contributed by atoms with Gasteiger partial charge in [0.25, 0.3) is 0 Å². The van der Waals surface area contributed by atoms with Crippen LogP contribution in [0.15, 0.2) is 91.2 Å². The van der Waals surface area contributed by atoms with Crippen molar-refractivity contribution in [2.24, 2.45) is 0 Å². The Morgan fingerprint density at radius 3 is 2.76 bits per heavy atom. The molecule has 4 heterocycles. The van der Waals surface area contributed by atoms with Gasteiger partial charge in [-0.1, -0.05) is 54.6 Å². The first-order valence-corrected chi connectivity index (χ1v) is 15.9. The number of H-pyrrole nitrogens is 1. The number of amides is 3. The highest BCUT2D eigenvalue weighted by atomic mass is 32.1. The van der Waals surface area contributed by atoms with Crippen LogP contribution >= 0.6 is 11.3 Å². The van der Waals surface area contributed by atoms with E-state index in [0.717, 1.165) is 37.9 Å². The van der Waals surface area contributed by atoms with E-state index in [0.29, 0.717) is 25.9 Å². The fraction of sp³-hybridized carbons (Fsp3) is 0.265. The molecule has 2 fully saturated rings. The van der Waals surface area contributed by atoms with Crippen molar-refractivity contribution in [3.05, 3.63) is 108 Å². The van der Waals surface area contributed by atoms with Crippen LogP contribution in [-0.4, -0.2) is 84.3 Å². The number of thiazole rings is 1. The zero-order valence-corrected chi connectivity index (χ0v) is 25.5. The van der Waals surface area contributed by atoms with Crippen LogP contribution in [0.5, 0.6) is 0 Å². The van der Waals surface area contributed by atoms with Gasteiger partial charge in [-0.25, -0.2) is 20.0 Å². The molecular formula is C34H33N7O3S. The number of hydrogen-bond donors (Lipinski definition) is 1. The van der Waals surface area contributed by atoms with Crippen LogP contribution in [0, 0.1) is 0 Å². The molecular weight excluding hydrogens is 586 g/mol. The Bertz CT molecular complexity index is 1890. The molecule has 0 bridgehead atoms. The molecule has 2 saturated heterocycles. The highest BCUT2D eigenvalue weighted by molar-refractivity contribution is 7.16. The molecule has 2 aliphatic rings. The first kappa shape index (κ1) is 28.9. The van der Waals surface area contributed by atoms with Gasteiger partial charge in [0.15, 0.2) is 0 Å². The van der Waals surface area contributed by atoms with Crippen LogP contribution in [-0.2, 0) is 33.8 Å². The number of aromatic nitrogens is 3. The number of aryl methyl sites for hydroxylation is 1. The first-order valence-electron chi connectivity index (χ1n) is 15.0. The minimum absolute atomic E-state index is 0.0128. The van der Waals surface area contributed by atoms with Gasteiger partial charge in [0, 0.05) is 25.9 Å². The second-order valence-corrected chi connectivity index (χ2v) is 12.3. The molecule has 2 atom stereocenters. The Balaban J connectivity index is 1.25. The van der Waals surface area contributed by atoms with E-state index < -0.39 is 12.2 Å². The summed E-state index contributed by atoms with van der Waals surface area (Å²) in [6.07, 6.45) is 3.82. The lowest BCUT2D eigenvalue weighted by atomic mass is 9.97. The molecule has 0 saturated carbocycles. The van der Waals surface area contributed by atoms with E-state index in [9.17, 15) is 14.4 Å². The molecule has 3 aromatic carbocycles. The van der Waals surface area contributed by atoms with E-state index >= 15 is 0 Å². The van der Waals surface area contributed by atoms with Crippen molar-refractivity contribution in [3.8, 4) is 0 Å². The Kier molecular flexibility index (Phi) is 7.86. The van der Waals surface area contributed by atoms with Crippen molar-refractivity contribution < 1.29 is 14.4 Å². The topological polar surface area (TPSA) is 106 Å². The molecule has 2 aromatic heterocycles. The van der Waals surface area contributed by atoms with Crippen LogP contribution in [0.25, 0.3) is 21.3 Å². The summed E-state index contributed by atoms with van der Waals surface area (Å²) >= 11 is 1.56. The normalized spacial score (nSPS) is 19.0. The third kappa shape index (κ3) is 5.60. The summed E-state index contributed by atoms with van der Waals surface area (Å²) < 4.78 is 1.05. The Morgan fingerprint density at radius 2 is 1.91 bits per heavy atom. The number of carbonyl (C=O) groups is 3. The maximum atomic E-state index is 14.4. The number of piperazine rings is 1. The van der Waals surface area contributed by atoms with E-state index in [-0.39, 0.29) is 37.2 Å². The van der Waals surface area contributed by atoms with Gasteiger partial charge in [-0.15, -0.1) is 17.9 Å². The fourth-order valence-electron chi connectivity index (χ4n) is 6.53. The molecule has 45 heavy (non-hydrogen) atoms. The molecule has 7 rings (SSSR count). The van der Waals surface area contributed by atoms with Gasteiger partial charge in [-0.3, -0.25) is 14.4 Å². The summed E-state index contributed by atoms with van der Waals surface area (Å²) in [5.41, 5.74) is 7.25. The summed E-state index contributed by atoms with van der Waals surface area (Å²) in [6, 6.07) is 20.9. The van der Waals surface area contributed by atoms with Crippen LogP contribution in [0.1, 0.15) is 23.1 Å². The van der Waals surface area contributed by atoms with Crippen LogP contribution in [0.2, 0.25) is 0 Å². The van der Waals surface area contributed by atoms with Crippen molar-refractivity contribution >= 4 is 50.3 Å². The minimum atomic E-state index is -0.790. The smallest absolute Gasteiger partial charge is 0.246 e. The highest BCUT2D eigenvalue weighted by Gasteiger charge is 2.51. The third-order valence-corrected chi connectivity index (χ3v) is 9.41. The summed E-state index contributed by atoms with van der Waals surface area (Å²) in [4.78, 5) is 57.8. The molecule has 0 unspecified atom stereocenters. The van der Waals surface area contributed by atoms with Gasteiger partial charge in [0.1, 0.15) is 12.2 Å². The van der Waals surface area contributed by atoms with Crippen molar-refractivity contribution in [2.45, 2.75) is 38.0 Å². The molecule has 0 spiro atoms. The summed E-state index contributed by atoms with van der Waals surface area (Å²) in [5.74, 6) is -0.432. The number of imidazole rings is 1. The highest BCUT2D eigenvalue weighted by Crippen LogP contribution is 2.31. The number of nitrogens with zero attached hydrogens (tertiary/aromatic N) is 6. The average molecular weight is 620 g/mol. The van der Waals surface area contributed by atoms with Gasteiger partial charge in [0.2, 0.25) is 17.7 Å². The molecule has 1 N–H and O–H groups in total. The Hall–Kier alpha value is -4.87. The van der Waals surface area contributed by atoms with E-state index in [1.54, 1.807) is 43.6 Å². The maximum absolute atomic E-state index is 14.4. The van der Waals surface area contributed by atoms with Gasteiger partial charge in [-0.05, 0) is 41.3 Å². The van der Waals surface area contributed by atoms with Gasteiger partial charge >= 0.3 is 0 Å². The quantitative estimate of drug-likeness (QED) is 0.249. The number of rotatable bonds is 9. The number of nitrogens with one attached hydrogen (secondary N) is 1. The van der Waals surface area contributed by atoms with E-state index in [1.165, 1.54) is 0 Å².